The standard InChI is InChI=1S/C11H16N2/c1-9-5-6-10(8-12-9)11-4-3-7-13(11)2/h5-6,8,11H,3-4,7H2,1-2H3/t11-/m1/s1. The lowest BCUT2D eigenvalue weighted by molar-refractivity contribution is 0.317. The van der Waals surface area contributed by atoms with Gasteiger partial charge in [0.05, 0.1) is 0 Å². The van der Waals surface area contributed by atoms with Crippen LogP contribution in [0.3, 0.4) is 0 Å². The molecule has 1 fully saturated rings. The Labute approximate surface area is 79.6 Å². The van der Waals surface area contributed by atoms with Crippen LogP contribution in [-0.2, 0) is 0 Å². The van der Waals surface area contributed by atoms with Crippen molar-refractivity contribution in [3.8, 4) is 0 Å². The van der Waals surface area contributed by atoms with Crippen LogP contribution in [0.2, 0.25) is 0 Å². The van der Waals surface area contributed by atoms with Crippen molar-refractivity contribution in [3.05, 3.63) is 29.6 Å². The van der Waals surface area contributed by atoms with Gasteiger partial charge in [-0.1, -0.05) is 6.07 Å². The van der Waals surface area contributed by atoms with Crippen molar-refractivity contribution in [2.75, 3.05) is 13.6 Å². The number of likely N-dealkylation sites (tertiary alicyclic amines) is 1. The third-order valence-corrected chi connectivity index (χ3v) is 2.84. The molecule has 0 bridgehead atoms. The quantitative estimate of drug-likeness (QED) is 0.652. The molecule has 1 saturated heterocycles. The van der Waals surface area contributed by atoms with E-state index in [-0.39, 0.29) is 0 Å². The van der Waals surface area contributed by atoms with E-state index in [4.69, 9.17) is 0 Å². The molecule has 0 unspecified atom stereocenters. The van der Waals surface area contributed by atoms with Gasteiger partial charge in [0, 0.05) is 17.9 Å². The number of rotatable bonds is 1. The van der Waals surface area contributed by atoms with E-state index in [0.29, 0.717) is 6.04 Å². The van der Waals surface area contributed by atoms with Crippen molar-refractivity contribution in [2.24, 2.45) is 0 Å². The summed E-state index contributed by atoms with van der Waals surface area (Å²) in [6, 6.07) is 4.91. The molecule has 2 rings (SSSR count). The van der Waals surface area contributed by atoms with Crippen LogP contribution < -0.4 is 0 Å². The van der Waals surface area contributed by atoms with Gasteiger partial charge in [-0.05, 0) is 45.0 Å². The lowest BCUT2D eigenvalue weighted by Crippen LogP contribution is -2.17. The third-order valence-electron chi connectivity index (χ3n) is 2.84. The van der Waals surface area contributed by atoms with Gasteiger partial charge in [-0.25, -0.2) is 0 Å². The first-order valence-corrected chi connectivity index (χ1v) is 4.90. The van der Waals surface area contributed by atoms with Crippen LogP contribution in [0.1, 0.15) is 30.1 Å². The lowest BCUT2D eigenvalue weighted by atomic mass is 10.1. The number of hydrogen-bond donors (Lipinski definition) is 0. The Morgan fingerprint density at radius 2 is 2.31 bits per heavy atom. The molecule has 2 heteroatoms. The molecule has 0 N–H and O–H groups in total. The average Bonchev–Trinajstić information content (AvgIpc) is 2.53. The summed E-state index contributed by atoms with van der Waals surface area (Å²) < 4.78 is 0. The van der Waals surface area contributed by atoms with Crippen LogP contribution in [0.25, 0.3) is 0 Å². The Morgan fingerprint density at radius 1 is 1.46 bits per heavy atom. The second-order valence-electron chi connectivity index (χ2n) is 3.87. The van der Waals surface area contributed by atoms with E-state index in [9.17, 15) is 0 Å². The maximum absolute atomic E-state index is 4.33. The summed E-state index contributed by atoms with van der Waals surface area (Å²) in [6.45, 7) is 3.25. The molecular weight excluding hydrogens is 160 g/mol. The summed E-state index contributed by atoms with van der Waals surface area (Å²) in [5.41, 5.74) is 2.47. The number of aryl methyl sites for hydroxylation is 1. The van der Waals surface area contributed by atoms with Gasteiger partial charge in [0.2, 0.25) is 0 Å². The van der Waals surface area contributed by atoms with Crippen LogP contribution in [0, 0.1) is 6.92 Å². The molecule has 0 aliphatic carbocycles. The zero-order valence-corrected chi connectivity index (χ0v) is 8.33. The molecule has 1 aliphatic heterocycles. The highest BCUT2D eigenvalue weighted by atomic mass is 15.1. The second kappa shape index (κ2) is 3.46. The second-order valence-corrected chi connectivity index (χ2v) is 3.87. The van der Waals surface area contributed by atoms with Crippen molar-refractivity contribution in [2.45, 2.75) is 25.8 Å². The Hall–Kier alpha value is -0.890. The van der Waals surface area contributed by atoms with Gasteiger partial charge in [-0.2, -0.15) is 0 Å². The fraction of sp³-hybridized carbons (Fsp3) is 0.545. The predicted octanol–water partition coefficient (Wildman–Crippen LogP) is 2.16. The number of nitrogens with zero attached hydrogens (tertiary/aromatic N) is 2. The maximum atomic E-state index is 4.33. The van der Waals surface area contributed by atoms with Crippen molar-refractivity contribution >= 4 is 0 Å². The van der Waals surface area contributed by atoms with Gasteiger partial charge in [-0.15, -0.1) is 0 Å². The van der Waals surface area contributed by atoms with E-state index in [0.717, 1.165) is 5.69 Å². The highest BCUT2D eigenvalue weighted by Crippen LogP contribution is 2.29. The fourth-order valence-electron chi connectivity index (χ4n) is 2.01. The molecule has 0 amide bonds. The van der Waals surface area contributed by atoms with Crippen molar-refractivity contribution in [3.63, 3.8) is 0 Å². The summed E-state index contributed by atoms with van der Waals surface area (Å²) in [5, 5.41) is 0. The highest BCUT2D eigenvalue weighted by molar-refractivity contribution is 5.18. The van der Waals surface area contributed by atoms with E-state index < -0.39 is 0 Å². The first kappa shape index (κ1) is 8.70. The van der Waals surface area contributed by atoms with Gasteiger partial charge < -0.3 is 0 Å². The Morgan fingerprint density at radius 3 is 2.85 bits per heavy atom. The Kier molecular flexibility index (Phi) is 2.32. The minimum atomic E-state index is 0.605. The molecule has 0 radical (unpaired) electrons. The molecule has 2 heterocycles. The molecule has 70 valence electrons. The topological polar surface area (TPSA) is 16.1 Å². The van der Waals surface area contributed by atoms with Gasteiger partial charge in [0.15, 0.2) is 0 Å². The lowest BCUT2D eigenvalue weighted by Gasteiger charge is -2.19. The van der Waals surface area contributed by atoms with E-state index in [1.807, 2.05) is 13.1 Å². The monoisotopic (exact) mass is 176 g/mol. The van der Waals surface area contributed by atoms with Crippen molar-refractivity contribution in [1.82, 2.24) is 9.88 Å². The molecule has 1 atom stereocenters. The van der Waals surface area contributed by atoms with Crippen molar-refractivity contribution < 1.29 is 0 Å². The summed E-state index contributed by atoms with van der Waals surface area (Å²) in [7, 11) is 2.19. The molecule has 1 aliphatic rings. The normalized spacial score (nSPS) is 23.7. The Bertz CT molecular complexity index is 279. The molecule has 0 spiro atoms. The number of hydrogen-bond acceptors (Lipinski definition) is 2. The number of pyridine rings is 1. The SMILES string of the molecule is Cc1ccc([C@H]2CCCN2C)cn1. The van der Waals surface area contributed by atoms with E-state index >= 15 is 0 Å². The smallest absolute Gasteiger partial charge is 0.0372 e. The van der Waals surface area contributed by atoms with Gasteiger partial charge >= 0.3 is 0 Å². The predicted molar refractivity (Wildman–Crippen MR) is 53.6 cm³/mol. The van der Waals surface area contributed by atoms with E-state index in [1.165, 1.54) is 24.9 Å². The third kappa shape index (κ3) is 1.73. The summed E-state index contributed by atoms with van der Waals surface area (Å²) in [5.74, 6) is 0. The molecule has 1 aromatic rings. The van der Waals surface area contributed by atoms with Crippen LogP contribution in [0.4, 0.5) is 0 Å². The number of aromatic nitrogens is 1. The maximum Gasteiger partial charge on any atom is 0.0372 e. The first-order valence-electron chi connectivity index (χ1n) is 4.90. The van der Waals surface area contributed by atoms with Gasteiger partial charge in [0.25, 0.3) is 0 Å². The molecule has 1 aromatic heterocycles. The Balaban J connectivity index is 2.20. The molecule has 2 nitrogen and oxygen atoms in total. The average molecular weight is 176 g/mol. The minimum Gasteiger partial charge on any atom is -0.299 e. The molecular formula is C11H16N2. The van der Waals surface area contributed by atoms with Crippen LogP contribution >= 0.6 is 0 Å². The molecule has 0 saturated carbocycles. The van der Waals surface area contributed by atoms with Gasteiger partial charge in [0.1, 0.15) is 0 Å². The zero-order chi connectivity index (χ0) is 9.26. The summed E-state index contributed by atoms with van der Waals surface area (Å²) in [4.78, 5) is 6.74. The van der Waals surface area contributed by atoms with E-state index in [1.54, 1.807) is 0 Å². The van der Waals surface area contributed by atoms with Crippen LogP contribution in [0.15, 0.2) is 18.3 Å². The van der Waals surface area contributed by atoms with E-state index in [2.05, 4.69) is 29.1 Å². The van der Waals surface area contributed by atoms with Crippen LogP contribution in [-0.4, -0.2) is 23.5 Å². The van der Waals surface area contributed by atoms with Crippen molar-refractivity contribution in [1.29, 1.82) is 0 Å². The molecule has 0 aromatic carbocycles. The zero-order valence-electron chi connectivity index (χ0n) is 8.33. The minimum absolute atomic E-state index is 0.605. The van der Waals surface area contributed by atoms with Gasteiger partial charge in [-0.3, -0.25) is 9.88 Å². The summed E-state index contributed by atoms with van der Waals surface area (Å²) >= 11 is 0. The highest BCUT2D eigenvalue weighted by Gasteiger charge is 2.22. The van der Waals surface area contributed by atoms with Crippen LogP contribution in [0.5, 0.6) is 0 Å². The fourth-order valence-corrected chi connectivity index (χ4v) is 2.01. The molecule has 13 heavy (non-hydrogen) atoms. The first-order chi connectivity index (χ1) is 6.27. The largest absolute Gasteiger partial charge is 0.299 e. The summed E-state index contributed by atoms with van der Waals surface area (Å²) in [6.07, 6.45) is 4.61.